The minimum Gasteiger partial charge on any atom is -0.310 e. The largest absolute Gasteiger partial charge is 0.310 e. The molecule has 0 radical (unpaired) electrons. The highest BCUT2D eigenvalue weighted by atomic mass is 32.1. The van der Waals surface area contributed by atoms with Crippen LogP contribution in [0.3, 0.4) is 0 Å². The zero-order chi connectivity index (χ0) is 37.1. The van der Waals surface area contributed by atoms with Crippen LogP contribution in [0.2, 0.25) is 0 Å². The fraction of sp³-hybridized carbons (Fsp3) is 0.0566. The Morgan fingerprint density at radius 2 is 1.09 bits per heavy atom. The molecule has 0 atom stereocenters. The number of aromatic nitrogens is 1. The van der Waals surface area contributed by atoms with Gasteiger partial charge >= 0.3 is 0 Å². The maximum Gasteiger partial charge on any atom is 0.0548 e. The lowest BCUT2D eigenvalue weighted by atomic mass is 9.82. The quantitative estimate of drug-likeness (QED) is 0.175. The standard InChI is InChI=1S/C53H36N2S/c1-53(2)43-21-9-7-19-39(43)40-27-25-36(32-44(40)53)54(45-22-11-15-33-13-3-5-17-37(33)45)35-26-28-47-42(31-35)51-48(29-30-50-52(51)41-20-8-10-24-49(41)56-50)55(47)46-23-12-16-34-14-4-6-18-38(34)46/h3-32H,1-2H3. The molecule has 2 nitrogen and oxygen atoms in total. The Bertz CT molecular complexity index is 3410. The Labute approximate surface area is 329 Å². The van der Waals surface area contributed by atoms with Gasteiger partial charge in [-0.15, -0.1) is 11.3 Å². The number of rotatable bonds is 4. The van der Waals surface area contributed by atoms with E-state index >= 15 is 0 Å². The SMILES string of the molecule is CC1(C)c2ccccc2-c2ccc(N(c3ccc4c(c3)c3c5c(ccc3n4-c3cccc4ccccc34)sc3ccccc35)c3cccc4ccccc34)cc21. The van der Waals surface area contributed by atoms with Crippen molar-refractivity contribution in [3.05, 3.63) is 193 Å². The van der Waals surface area contributed by atoms with E-state index in [0.29, 0.717) is 0 Å². The predicted molar refractivity (Wildman–Crippen MR) is 241 cm³/mol. The van der Waals surface area contributed by atoms with E-state index in [4.69, 9.17) is 0 Å². The van der Waals surface area contributed by atoms with Gasteiger partial charge in [0.1, 0.15) is 0 Å². The average Bonchev–Trinajstić information content (AvgIpc) is 3.86. The van der Waals surface area contributed by atoms with E-state index in [1.807, 2.05) is 11.3 Å². The summed E-state index contributed by atoms with van der Waals surface area (Å²) in [6.07, 6.45) is 0. The van der Waals surface area contributed by atoms with Crippen LogP contribution in [0.15, 0.2) is 182 Å². The molecule has 0 aliphatic heterocycles. The molecule has 3 heteroatoms. The number of thiophene rings is 1. The highest BCUT2D eigenvalue weighted by Gasteiger charge is 2.36. The molecule has 0 saturated heterocycles. The summed E-state index contributed by atoms with van der Waals surface area (Å²) in [6.45, 7) is 4.74. The number of anilines is 3. The maximum absolute atomic E-state index is 2.50. The minimum absolute atomic E-state index is 0.117. The molecule has 56 heavy (non-hydrogen) atoms. The van der Waals surface area contributed by atoms with E-state index in [9.17, 15) is 0 Å². The Kier molecular flexibility index (Phi) is 6.59. The summed E-state index contributed by atoms with van der Waals surface area (Å²) in [5.74, 6) is 0. The maximum atomic E-state index is 2.50. The molecule has 0 amide bonds. The molecule has 0 bridgehead atoms. The van der Waals surface area contributed by atoms with Gasteiger partial charge < -0.3 is 9.47 Å². The van der Waals surface area contributed by atoms with E-state index in [2.05, 4.69) is 205 Å². The lowest BCUT2D eigenvalue weighted by molar-refractivity contribution is 0.660. The van der Waals surface area contributed by atoms with Crippen LogP contribution < -0.4 is 4.90 Å². The molecule has 2 heterocycles. The first kappa shape index (κ1) is 31.6. The minimum atomic E-state index is -0.117. The van der Waals surface area contributed by atoms with Crippen molar-refractivity contribution < 1.29 is 0 Å². The second-order valence-corrected chi connectivity index (χ2v) is 16.8. The molecule has 0 N–H and O–H groups in total. The highest BCUT2D eigenvalue weighted by molar-refractivity contribution is 7.26. The summed E-state index contributed by atoms with van der Waals surface area (Å²) >= 11 is 1.88. The van der Waals surface area contributed by atoms with Gasteiger partial charge in [-0.1, -0.05) is 135 Å². The first-order valence-corrected chi connectivity index (χ1v) is 20.3. The second kappa shape index (κ2) is 11.7. The van der Waals surface area contributed by atoms with Crippen LogP contribution in [0.1, 0.15) is 25.0 Å². The summed E-state index contributed by atoms with van der Waals surface area (Å²) in [5.41, 5.74) is 12.4. The van der Waals surface area contributed by atoms with Crippen molar-refractivity contribution in [3.63, 3.8) is 0 Å². The van der Waals surface area contributed by atoms with Gasteiger partial charge in [-0.2, -0.15) is 0 Å². The number of hydrogen-bond donors (Lipinski definition) is 0. The molecule has 0 saturated carbocycles. The van der Waals surface area contributed by atoms with Gasteiger partial charge in [0.05, 0.1) is 22.4 Å². The van der Waals surface area contributed by atoms with Crippen LogP contribution in [0.5, 0.6) is 0 Å². The molecule has 1 aliphatic rings. The summed E-state index contributed by atoms with van der Waals surface area (Å²) in [7, 11) is 0. The van der Waals surface area contributed by atoms with E-state index in [0.717, 1.165) is 11.4 Å². The average molecular weight is 733 g/mol. The fourth-order valence-corrected chi connectivity index (χ4v) is 10.9. The van der Waals surface area contributed by atoms with Gasteiger partial charge in [-0.05, 0) is 93.7 Å². The summed E-state index contributed by atoms with van der Waals surface area (Å²) in [5, 5.41) is 10.1. The Hall–Kier alpha value is -6.68. The van der Waals surface area contributed by atoms with E-state index < -0.39 is 0 Å². The van der Waals surface area contributed by atoms with Gasteiger partial charge in [0, 0.05) is 58.5 Å². The summed E-state index contributed by atoms with van der Waals surface area (Å²) < 4.78 is 5.13. The topological polar surface area (TPSA) is 8.17 Å². The molecule has 264 valence electrons. The van der Waals surface area contributed by atoms with Gasteiger partial charge in [-0.3, -0.25) is 0 Å². The monoisotopic (exact) mass is 732 g/mol. The predicted octanol–water partition coefficient (Wildman–Crippen LogP) is 15.2. The van der Waals surface area contributed by atoms with Crippen LogP contribution >= 0.6 is 11.3 Å². The lowest BCUT2D eigenvalue weighted by Gasteiger charge is -2.29. The third kappa shape index (κ3) is 4.38. The normalized spacial score (nSPS) is 13.3. The van der Waals surface area contributed by atoms with Crippen LogP contribution in [-0.4, -0.2) is 4.57 Å². The molecule has 0 unspecified atom stereocenters. The van der Waals surface area contributed by atoms with Crippen LogP contribution in [-0.2, 0) is 5.41 Å². The fourth-order valence-electron chi connectivity index (χ4n) is 9.78. The van der Waals surface area contributed by atoms with Crippen molar-refractivity contribution >= 4 is 91.9 Å². The van der Waals surface area contributed by atoms with Crippen LogP contribution in [0.4, 0.5) is 17.1 Å². The van der Waals surface area contributed by atoms with Crippen LogP contribution in [0.25, 0.3) is 80.3 Å². The molecule has 1 aliphatic carbocycles. The molecule has 9 aromatic carbocycles. The van der Waals surface area contributed by atoms with E-state index in [-0.39, 0.29) is 5.41 Å². The molecule has 12 rings (SSSR count). The van der Waals surface area contributed by atoms with Gasteiger partial charge in [0.15, 0.2) is 0 Å². The highest BCUT2D eigenvalue weighted by Crippen LogP contribution is 2.52. The van der Waals surface area contributed by atoms with E-state index in [1.54, 1.807) is 0 Å². The van der Waals surface area contributed by atoms with Crippen molar-refractivity contribution in [1.29, 1.82) is 0 Å². The number of benzene rings is 9. The van der Waals surface area contributed by atoms with E-state index in [1.165, 1.54) is 97.2 Å². The molecule has 2 aromatic heterocycles. The third-order valence-corrected chi connectivity index (χ3v) is 13.5. The van der Waals surface area contributed by atoms with Crippen molar-refractivity contribution in [2.45, 2.75) is 19.3 Å². The lowest BCUT2D eigenvalue weighted by Crippen LogP contribution is -2.16. The summed E-state index contributed by atoms with van der Waals surface area (Å²) in [4.78, 5) is 2.49. The Morgan fingerprint density at radius 1 is 0.446 bits per heavy atom. The molecular weight excluding hydrogens is 697 g/mol. The molecular formula is C53H36N2S. The Morgan fingerprint density at radius 3 is 1.96 bits per heavy atom. The first-order valence-electron chi connectivity index (χ1n) is 19.4. The first-order chi connectivity index (χ1) is 27.5. The van der Waals surface area contributed by atoms with Gasteiger partial charge in [0.2, 0.25) is 0 Å². The van der Waals surface area contributed by atoms with Gasteiger partial charge in [0.25, 0.3) is 0 Å². The number of fused-ring (bicyclic) bond motifs is 12. The smallest absolute Gasteiger partial charge is 0.0548 e. The third-order valence-electron chi connectivity index (χ3n) is 12.4. The second-order valence-electron chi connectivity index (χ2n) is 15.7. The summed E-state index contributed by atoms with van der Waals surface area (Å²) in [6, 6.07) is 67.7. The zero-order valence-corrected chi connectivity index (χ0v) is 31.9. The number of nitrogens with zero attached hydrogens (tertiary/aromatic N) is 2. The molecule has 0 spiro atoms. The van der Waals surface area contributed by atoms with Crippen molar-refractivity contribution in [3.8, 4) is 16.8 Å². The molecule has 11 aromatic rings. The number of hydrogen-bond acceptors (Lipinski definition) is 2. The Balaban J connectivity index is 1.19. The van der Waals surface area contributed by atoms with Crippen molar-refractivity contribution in [2.75, 3.05) is 4.90 Å². The van der Waals surface area contributed by atoms with Crippen LogP contribution in [0, 0.1) is 0 Å². The van der Waals surface area contributed by atoms with Gasteiger partial charge in [-0.25, -0.2) is 0 Å². The van der Waals surface area contributed by atoms with Crippen molar-refractivity contribution in [2.24, 2.45) is 0 Å². The van der Waals surface area contributed by atoms with Crippen molar-refractivity contribution in [1.82, 2.24) is 4.57 Å². The zero-order valence-electron chi connectivity index (χ0n) is 31.1. The molecule has 0 fully saturated rings.